The Bertz CT molecular complexity index is 2700. The van der Waals surface area contributed by atoms with Gasteiger partial charge >= 0.3 is 0 Å². The molecule has 1 heterocycles. The molecule has 0 fully saturated rings. The first kappa shape index (κ1) is 37.9. The number of ether oxygens (including phenoxy) is 2. The van der Waals surface area contributed by atoms with Crippen LogP contribution in [0.4, 0.5) is 0 Å². The molecule has 1 aliphatic heterocycles. The third-order valence-corrected chi connectivity index (χ3v) is 12.3. The Morgan fingerprint density at radius 2 is 1.24 bits per heavy atom. The topological polar surface area (TPSA) is 18.5 Å². The molecule has 0 aromatic heterocycles. The van der Waals surface area contributed by atoms with Gasteiger partial charge in [0.15, 0.2) is 23.0 Å². The summed E-state index contributed by atoms with van der Waals surface area (Å²) in [4.78, 5) is 0. The van der Waals surface area contributed by atoms with Crippen molar-refractivity contribution in [3.05, 3.63) is 222 Å². The highest BCUT2D eigenvalue weighted by atomic mass is 16.6. The standard InChI is InChI=1S/C43H36O2.C14H14/c1-28(31-15-11-16-32(26-31)29-12-5-4-6-13-29)20-21-30-14-7-8-17-34(30)33-22-24-38-40(27-33)44-39-25-23-37-41(42(39)45-38)35-18-9-10-19-36(35)43(37,2)3;1-2-12-7-6-10-14(11-12)13-8-4-3-5-9-13/h4-28,35-36H,1-3H3;3-11H,2H2,1H3/b21-20+;. The smallest absolute Gasteiger partial charge is 0.174 e. The molecule has 2 aliphatic carbocycles. The second kappa shape index (κ2) is 16.3. The molecule has 0 bridgehead atoms. The maximum atomic E-state index is 6.66. The van der Waals surface area contributed by atoms with Crippen molar-refractivity contribution in [2.75, 3.05) is 0 Å². The van der Waals surface area contributed by atoms with Gasteiger partial charge in [-0.25, -0.2) is 0 Å². The van der Waals surface area contributed by atoms with Gasteiger partial charge in [0.25, 0.3) is 0 Å². The molecule has 3 atom stereocenters. The first-order valence-corrected chi connectivity index (χ1v) is 21.0. The number of benzene rings is 7. The van der Waals surface area contributed by atoms with Crippen LogP contribution in [0.5, 0.6) is 23.0 Å². The van der Waals surface area contributed by atoms with Crippen molar-refractivity contribution < 1.29 is 9.47 Å². The number of hydrogen-bond donors (Lipinski definition) is 0. The molecule has 3 unspecified atom stereocenters. The number of rotatable bonds is 7. The highest BCUT2D eigenvalue weighted by Crippen LogP contribution is 2.60. The summed E-state index contributed by atoms with van der Waals surface area (Å²) >= 11 is 0. The van der Waals surface area contributed by atoms with E-state index in [1.165, 1.54) is 50.1 Å². The molecule has 7 aromatic rings. The van der Waals surface area contributed by atoms with Crippen LogP contribution in [-0.2, 0) is 11.8 Å². The average molecular weight is 767 g/mol. The molecule has 290 valence electrons. The van der Waals surface area contributed by atoms with Crippen LogP contribution in [0.25, 0.3) is 39.5 Å². The molecule has 59 heavy (non-hydrogen) atoms. The van der Waals surface area contributed by atoms with E-state index in [2.05, 4.69) is 222 Å². The summed E-state index contributed by atoms with van der Waals surface area (Å²) in [5.41, 5.74) is 13.8. The van der Waals surface area contributed by atoms with E-state index >= 15 is 0 Å². The maximum Gasteiger partial charge on any atom is 0.174 e. The Balaban J connectivity index is 0.000000271. The fourth-order valence-electron chi connectivity index (χ4n) is 8.98. The van der Waals surface area contributed by atoms with Crippen LogP contribution in [0.1, 0.15) is 67.3 Å². The molecule has 2 heteroatoms. The molecule has 0 amide bonds. The van der Waals surface area contributed by atoms with Crippen molar-refractivity contribution >= 4 is 6.08 Å². The minimum Gasteiger partial charge on any atom is -0.449 e. The van der Waals surface area contributed by atoms with Crippen LogP contribution in [0.15, 0.2) is 194 Å². The van der Waals surface area contributed by atoms with E-state index in [9.17, 15) is 0 Å². The lowest BCUT2D eigenvalue weighted by Gasteiger charge is -2.29. The van der Waals surface area contributed by atoms with Gasteiger partial charge in [-0.1, -0.05) is 210 Å². The quantitative estimate of drug-likeness (QED) is 0.161. The Kier molecular flexibility index (Phi) is 10.5. The molecule has 0 saturated heterocycles. The van der Waals surface area contributed by atoms with E-state index in [4.69, 9.17) is 9.47 Å². The van der Waals surface area contributed by atoms with Crippen molar-refractivity contribution in [3.63, 3.8) is 0 Å². The van der Waals surface area contributed by atoms with Gasteiger partial charge in [0.1, 0.15) is 0 Å². The van der Waals surface area contributed by atoms with E-state index < -0.39 is 0 Å². The lowest BCUT2D eigenvalue weighted by molar-refractivity contribution is 0.354. The zero-order valence-corrected chi connectivity index (χ0v) is 34.3. The van der Waals surface area contributed by atoms with Crippen molar-refractivity contribution in [3.8, 4) is 56.4 Å². The van der Waals surface area contributed by atoms with Crippen molar-refractivity contribution in [2.45, 2.75) is 51.4 Å². The zero-order chi connectivity index (χ0) is 40.3. The Morgan fingerprint density at radius 1 is 0.576 bits per heavy atom. The molecule has 7 aromatic carbocycles. The van der Waals surface area contributed by atoms with E-state index in [-0.39, 0.29) is 11.3 Å². The predicted molar refractivity (Wildman–Crippen MR) is 247 cm³/mol. The third-order valence-electron chi connectivity index (χ3n) is 12.3. The van der Waals surface area contributed by atoms with Gasteiger partial charge < -0.3 is 9.47 Å². The number of hydrogen-bond acceptors (Lipinski definition) is 2. The van der Waals surface area contributed by atoms with Gasteiger partial charge in [-0.2, -0.15) is 0 Å². The van der Waals surface area contributed by atoms with E-state index in [0.29, 0.717) is 11.8 Å². The molecule has 2 nitrogen and oxygen atoms in total. The number of allylic oxidation sites excluding steroid dienone is 5. The second-order valence-corrected chi connectivity index (χ2v) is 16.4. The first-order chi connectivity index (χ1) is 28.9. The number of aryl methyl sites for hydroxylation is 1. The fraction of sp³-hybridized carbons (Fsp3) is 0.158. The Hall–Kier alpha value is -6.64. The molecular formula is C57H50O2. The van der Waals surface area contributed by atoms with Crippen molar-refractivity contribution in [2.24, 2.45) is 5.92 Å². The Labute approximate surface area is 349 Å². The summed E-state index contributed by atoms with van der Waals surface area (Å²) in [6, 6.07) is 57.8. The van der Waals surface area contributed by atoms with Gasteiger partial charge in [0.05, 0.1) is 0 Å². The lowest BCUT2D eigenvalue weighted by atomic mass is 9.74. The molecular weight excluding hydrogens is 717 g/mol. The second-order valence-electron chi connectivity index (χ2n) is 16.4. The van der Waals surface area contributed by atoms with Gasteiger partial charge in [-0.05, 0) is 97.5 Å². The van der Waals surface area contributed by atoms with Gasteiger partial charge in [-0.15, -0.1) is 0 Å². The molecule has 0 saturated carbocycles. The fourth-order valence-corrected chi connectivity index (χ4v) is 8.98. The summed E-state index contributed by atoms with van der Waals surface area (Å²) < 4.78 is 13.2. The molecule has 0 N–H and O–H groups in total. The van der Waals surface area contributed by atoms with E-state index in [1.54, 1.807) is 0 Å². The summed E-state index contributed by atoms with van der Waals surface area (Å²) in [5.74, 6) is 4.13. The normalized spacial score (nSPS) is 17.0. The maximum absolute atomic E-state index is 6.66. The zero-order valence-electron chi connectivity index (χ0n) is 34.3. The average Bonchev–Trinajstić information content (AvgIpc) is 3.54. The van der Waals surface area contributed by atoms with Gasteiger partial charge in [0, 0.05) is 11.5 Å². The SMILES string of the molecule is CC(/C=C/c1ccccc1-c1ccc2c(c1)Oc1ccc3c(c1O2)C1C=CC=CC1C3(C)C)c1cccc(-c2ccccc2)c1.CCc1cccc(-c2ccccc2)c1. The van der Waals surface area contributed by atoms with Crippen LogP contribution in [0, 0.1) is 5.92 Å². The van der Waals surface area contributed by atoms with Crippen LogP contribution in [0.2, 0.25) is 0 Å². The van der Waals surface area contributed by atoms with Crippen LogP contribution in [-0.4, -0.2) is 0 Å². The minimum absolute atomic E-state index is 0.0310. The number of fused-ring (bicyclic) bond motifs is 6. The summed E-state index contributed by atoms with van der Waals surface area (Å²) in [6.45, 7) is 9.11. The van der Waals surface area contributed by atoms with Crippen LogP contribution >= 0.6 is 0 Å². The van der Waals surface area contributed by atoms with Crippen LogP contribution < -0.4 is 9.47 Å². The summed E-state index contributed by atoms with van der Waals surface area (Å²) in [7, 11) is 0. The van der Waals surface area contributed by atoms with Crippen LogP contribution in [0.3, 0.4) is 0 Å². The van der Waals surface area contributed by atoms with Crippen molar-refractivity contribution in [1.82, 2.24) is 0 Å². The highest BCUT2D eigenvalue weighted by molar-refractivity contribution is 5.78. The lowest BCUT2D eigenvalue weighted by Crippen LogP contribution is -2.24. The van der Waals surface area contributed by atoms with E-state index in [0.717, 1.165) is 40.5 Å². The minimum atomic E-state index is 0.0310. The molecule has 0 spiro atoms. The summed E-state index contributed by atoms with van der Waals surface area (Å²) in [5, 5.41) is 0. The summed E-state index contributed by atoms with van der Waals surface area (Å²) in [6.07, 6.45) is 14.6. The molecule has 10 rings (SSSR count). The monoisotopic (exact) mass is 766 g/mol. The van der Waals surface area contributed by atoms with Crippen molar-refractivity contribution in [1.29, 1.82) is 0 Å². The van der Waals surface area contributed by atoms with Gasteiger partial charge in [-0.3, -0.25) is 0 Å². The predicted octanol–water partition coefficient (Wildman–Crippen LogP) is 15.8. The molecule has 3 aliphatic rings. The largest absolute Gasteiger partial charge is 0.449 e. The first-order valence-electron chi connectivity index (χ1n) is 21.0. The highest BCUT2D eigenvalue weighted by Gasteiger charge is 2.47. The molecule has 0 radical (unpaired) electrons. The van der Waals surface area contributed by atoms with Gasteiger partial charge in [0.2, 0.25) is 0 Å². The third kappa shape index (κ3) is 7.59. The Morgan fingerprint density at radius 3 is 2.00 bits per heavy atom. The van der Waals surface area contributed by atoms with E-state index in [1.807, 2.05) is 6.07 Å².